The van der Waals surface area contributed by atoms with Gasteiger partial charge in [0.15, 0.2) is 0 Å². The van der Waals surface area contributed by atoms with Gasteiger partial charge in [-0.1, -0.05) is 12.1 Å². The average Bonchev–Trinajstić information content (AvgIpc) is 3.13. The van der Waals surface area contributed by atoms with E-state index in [1.54, 1.807) is 18.0 Å². The molecule has 1 aliphatic rings. The van der Waals surface area contributed by atoms with Gasteiger partial charge in [-0.25, -0.2) is 14.2 Å². The number of nitrogen functional groups attached to an aromatic ring is 1. The molecule has 0 radical (unpaired) electrons. The van der Waals surface area contributed by atoms with E-state index >= 15 is 0 Å². The van der Waals surface area contributed by atoms with Gasteiger partial charge >= 0.3 is 5.97 Å². The topological polar surface area (TPSA) is 130 Å². The Morgan fingerprint density at radius 2 is 1.83 bits per heavy atom. The number of halogens is 1. The molecule has 2 aromatic carbocycles. The quantitative estimate of drug-likeness (QED) is 0.276. The fraction of sp³-hybridized carbons (Fsp3) is 0.115. The second-order valence-electron chi connectivity index (χ2n) is 7.71. The fourth-order valence-electron chi connectivity index (χ4n) is 3.38. The zero-order valence-corrected chi connectivity index (χ0v) is 19.8. The van der Waals surface area contributed by atoms with Gasteiger partial charge in [-0.15, -0.1) is 11.8 Å². The molecule has 36 heavy (non-hydrogen) atoms. The average molecular weight is 507 g/mol. The molecule has 8 nitrogen and oxygen atoms in total. The van der Waals surface area contributed by atoms with Crippen LogP contribution in [0.5, 0.6) is 11.5 Å². The lowest BCUT2D eigenvalue weighted by Crippen LogP contribution is -2.16. The molecule has 1 aliphatic heterocycles. The van der Waals surface area contributed by atoms with E-state index in [1.165, 1.54) is 30.5 Å². The Labute approximate surface area is 210 Å². The van der Waals surface area contributed by atoms with Gasteiger partial charge in [0.2, 0.25) is 5.43 Å². The lowest BCUT2D eigenvalue weighted by Gasteiger charge is -2.12. The molecule has 0 unspecified atom stereocenters. The van der Waals surface area contributed by atoms with Crippen LogP contribution < -0.4 is 21.2 Å². The van der Waals surface area contributed by atoms with E-state index in [0.29, 0.717) is 5.56 Å². The fourth-order valence-corrected chi connectivity index (χ4v) is 4.39. The number of hydrogen-bond donors (Lipinski definition) is 4. The van der Waals surface area contributed by atoms with Crippen LogP contribution in [0, 0.1) is 5.82 Å². The summed E-state index contributed by atoms with van der Waals surface area (Å²) < 4.78 is 18.7. The molecule has 10 heteroatoms. The number of benzene rings is 2. The number of fused-ring (bicyclic) bond motifs is 1. The molecule has 2 aromatic heterocycles. The lowest BCUT2D eigenvalue weighted by molar-refractivity contribution is 0.0695. The highest BCUT2D eigenvalue weighted by molar-refractivity contribution is 7.99. The number of thioether (sulfide) groups is 1. The minimum absolute atomic E-state index is 0.199. The highest BCUT2D eigenvalue weighted by Crippen LogP contribution is 2.38. The van der Waals surface area contributed by atoms with Crippen LogP contribution in [-0.4, -0.2) is 33.3 Å². The standard InChI is InChI=1S/C14H15N3OS.C12H8FNO3/c15-10-2-4-11(5-3-10)18-12-6-8-17-14-13(12)19-9-1-7-16-14;13-8-3-1-7(2-4-8)9-5-14-6-10(11(9)15)12(16)17/h2-6,8H,1,7,9,15H2,(H,16,17);1-6H,(H,14,15)(H,16,17). The van der Waals surface area contributed by atoms with Gasteiger partial charge in [0.1, 0.15) is 28.7 Å². The number of anilines is 2. The molecular weight excluding hydrogens is 483 g/mol. The first-order valence-corrected chi connectivity index (χ1v) is 12.0. The highest BCUT2D eigenvalue weighted by Gasteiger charge is 2.15. The van der Waals surface area contributed by atoms with Crippen LogP contribution >= 0.6 is 11.8 Å². The second kappa shape index (κ2) is 11.4. The summed E-state index contributed by atoms with van der Waals surface area (Å²) in [5.74, 6) is 1.90. The van der Waals surface area contributed by atoms with Crippen molar-refractivity contribution in [3.05, 3.63) is 94.8 Å². The molecule has 0 spiro atoms. The predicted molar refractivity (Wildman–Crippen MR) is 138 cm³/mol. The number of rotatable bonds is 4. The molecule has 4 aromatic rings. The third kappa shape index (κ3) is 6.02. The van der Waals surface area contributed by atoms with Gasteiger partial charge in [0.25, 0.3) is 0 Å². The number of carboxylic acids is 1. The minimum Gasteiger partial charge on any atom is -0.477 e. The van der Waals surface area contributed by atoms with Gasteiger partial charge < -0.3 is 25.9 Å². The molecule has 0 amide bonds. The Balaban J connectivity index is 0.000000170. The molecule has 5 rings (SSSR count). The second-order valence-corrected chi connectivity index (χ2v) is 8.82. The monoisotopic (exact) mass is 506 g/mol. The summed E-state index contributed by atoms with van der Waals surface area (Å²) in [7, 11) is 0. The molecule has 0 saturated carbocycles. The number of H-pyrrole nitrogens is 1. The molecule has 5 N–H and O–H groups in total. The van der Waals surface area contributed by atoms with Crippen molar-refractivity contribution in [3.63, 3.8) is 0 Å². The van der Waals surface area contributed by atoms with Gasteiger partial charge in [-0.05, 0) is 54.1 Å². The van der Waals surface area contributed by atoms with E-state index in [1.807, 2.05) is 30.3 Å². The third-order valence-corrected chi connectivity index (χ3v) is 6.34. The van der Waals surface area contributed by atoms with Crippen molar-refractivity contribution in [1.82, 2.24) is 9.97 Å². The maximum Gasteiger partial charge on any atom is 0.341 e. The van der Waals surface area contributed by atoms with E-state index in [4.69, 9.17) is 15.6 Å². The number of nitrogens with one attached hydrogen (secondary N) is 2. The van der Waals surface area contributed by atoms with Gasteiger partial charge in [0, 0.05) is 42.5 Å². The summed E-state index contributed by atoms with van der Waals surface area (Å²) in [6.45, 7) is 0.957. The first kappa shape index (κ1) is 24.8. The van der Waals surface area contributed by atoms with Crippen molar-refractivity contribution in [1.29, 1.82) is 0 Å². The summed E-state index contributed by atoms with van der Waals surface area (Å²) >= 11 is 1.78. The number of nitrogens with two attached hydrogens (primary N) is 1. The van der Waals surface area contributed by atoms with Crippen molar-refractivity contribution in [3.8, 4) is 22.6 Å². The number of hydrogen-bond acceptors (Lipinski definition) is 7. The van der Waals surface area contributed by atoms with E-state index in [2.05, 4.69) is 15.3 Å². The molecule has 184 valence electrons. The molecule has 3 heterocycles. The third-order valence-electron chi connectivity index (χ3n) is 5.17. The predicted octanol–water partition coefficient (Wildman–Crippen LogP) is 5.24. The van der Waals surface area contributed by atoms with E-state index < -0.39 is 17.2 Å². The Bertz CT molecular complexity index is 1410. The number of aromatic nitrogens is 2. The van der Waals surface area contributed by atoms with Crippen LogP contribution in [0.25, 0.3) is 11.1 Å². The van der Waals surface area contributed by atoms with Crippen molar-refractivity contribution in [2.75, 3.05) is 23.3 Å². The minimum atomic E-state index is -1.30. The summed E-state index contributed by atoms with van der Waals surface area (Å²) in [6.07, 6.45) is 5.41. The molecular formula is C26H23FN4O4S. The Morgan fingerprint density at radius 1 is 1.08 bits per heavy atom. The molecule has 0 bridgehead atoms. The highest BCUT2D eigenvalue weighted by atomic mass is 32.2. The first-order valence-electron chi connectivity index (χ1n) is 11.0. The van der Waals surface area contributed by atoms with Crippen LogP contribution in [0.4, 0.5) is 15.9 Å². The molecule has 0 fully saturated rings. The van der Waals surface area contributed by atoms with Crippen LogP contribution in [0.2, 0.25) is 0 Å². The van der Waals surface area contributed by atoms with Crippen molar-refractivity contribution in [2.45, 2.75) is 11.3 Å². The number of ether oxygens (including phenoxy) is 1. The largest absolute Gasteiger partial charge is 0.477 e. The SMILES string of the molecule is Nc1ccc(Oc2ccnc3c2SCCCN3)cc1.O=C(O)c1c[nH]cc(-c2ccc(F)cc2)c1=O. The molecule has 0 saturated heterocycles. The number of aromatic carboxylic acids is 1. The number of aromatic amines is 1. The smallest absolute Gasteiger partial charge is 0.341 e. The first-order chi connectivity index (χ1) is 17.4. The Morgan fingerprint density at radius 3 is 2.56 bits per heavy atom. The van der Waals surface area contributed by atoms with Crippen molar-refractivity contribution < 1.29 is 19.0 Å². The maximum atomic E-state index is 12.7. The van der Waals surface area contributed by atoms with Gasteiger partial charge in [-0.2, -0.15) is 0 Å². The summed E-state index contributed by atoms with van der Waals surface area (Å²) in [6, 6.07) is 14.6. The Hall–Kier alpha value is -4.31. The summed E-state index contributed by atoms with van der Waals surface area (Å²) in [4.78, 5) is 30.6. The van der Waals surface area contributed by atoms with Gasteiger partial charge in [0.05, 0.1) is 4.90 Å². The number of pyridine rings is 2. The zero-order chi connectivity index (χ0) is 25.5. The van der Waals surface area contributed by atoms with E-state index in [-0.39, 0.29) is 11.1 Å². The van der Waals surface area contributed by atoms with Crippen molar-refractivity contribution >= 4 is 29.2 Å². The van der Waals surface area contributed by atoms with E-state index in [0.717, 1.165) is 52.8 Å². The molecule has 0 atom stereocenters. The zero-order valence-electron chi connectivity index (χ0n) is 19.0. The van der Waals surface area contributed by atoms with Gasteiger partial charge in [-0.3, -0.25) is 4.79 Å². The van der Waals surface area contributed by atoms with E-state index in [9.17, 15) is 14.0 Å². The van der Waals surface area contributed by atoms with Crippen molar-refractivity contribution in [2.24, 2.45) is 0 Å². The van der Waals surface area contributed by atoms with Crippen LogP contribution in [0.15, 0.2) is 82.9 Å². The van der Waals surface area contributed by atoms with Crippen LogP contribution in [0.3, 0.4) is 0 Å². The molecule has 0 aliphatic carbocycles. The maximum absolute atomic E-state index is 12.7. The van der Waals surface area contributed by atoms with Crippen LogP contribution in [-0.2, 0) is 0 Å². The number of carbonyl (C=O) groups is 1. The summed E-state index contributed by atoms with van der Waals surface area (Å²) in [5.41, 5.74) is 6.14. The number of nitrogens with zero attached hydrogens (tertiary/aromatic N) is 1. The number of carboxylic acid groups (broad SMARTS) is 1. The summed E-state index contributed by atoms with van der Waals surface area (Å²) in [5, 5.41) is 12.1. The normalized spacial score (nSPS) is 12.2. The van der Waals surface area contributed by atoms with Crippen LogP contribution in [0.1, 0.15) is 16.8 Å². The lowest BCUT2D eigenvalue weighted by atomic mass is 10.1. The Kier molecular flexibility index (Phi) is 7.86.